The molecule has 6 bridgehead atoms. The van der Waals surface area contributed by atoms with Gasteiger partial charge < -0.3 is 90.4 Å². The summed E-state index contributed by atoms with van der Waals surface area (Å²) >= 11 is 0. The van der Waals surface area contributed by atoms with E-state index in [1.54, 1.807) is 0 Å². The number of aliphatic hydroxyl groups excluding tert-OH is 2. The van der Waals surface area contributed by atoms with Crippen molar-refractivity contribution in [3.63, 3.8) is 0 Å². The molecule has 8 rings (SSSR count). The van der Waals surface area contributed by atoms with Crippen LogP contribution in [0.3, 0.4) is 0 Å². The van der Waals surface area contributed by atoms with Crippen molar-refractivity contribution < 1.29 is 110 Å². The summed E-state index contributed by atoms with van der Waals surface area (Å²) in [7, 11) is 0. The summed E-state index contributed by atoms with van der Waals surface area (Å²) in [6, 6.07) is 1.45. The first-order valence-corrected chi connectivity index (χ1v) is 15.6. The number of fused-ring (bicyclic) bond motifs is 7. The van der Waals surface area contributed by atoms with Crippen molar-refractivity contribution in [3.05, 3.63) is 46.0 Å². The number of rotatable bonds is 1. The Bertz CT molecular complexity index is 2470. The minimum atomic E-state index is -2.55. The maximum absolute atomic E-state index is 13.9. The molecule has 0 radical (unpaired) electrons. The second-order valence-corrected chi connectivity index (χ2v) is 12.5. The van der Waals surface area contributed by atoms with Crippen LogP contribution in [0.4, 0.5) is 0 Å². The highest BCUT2D eigenvalue weighted by Gasteiger charge is 2.53. The predicted octanol–water partition coefficient (Wildman–Crippen LogP) is 0.356. The molecule has 4 heterocycles. The Morgan fingerprint density at radius 3 is 1.52 bits per heavy atom. The smallest absolute Gasteiger partial charge is 0.342 e. The number of cyclic esters (lactones) is 2. The molecule has 0 amide bonds. The number of carbonyl (C=O) groups is 4. The van der Waals surface area contributed by atoms with E-state index in [-0.39, 0.29) is 0 Å². The lowest BCUT2D eigenvalue weighted by Gasteiger charge is -2.40. The normalized spacial score (nSPS) is 21.6. The van der Waals surface area contributed by atoms with Gasteiger partial charge in [-0.2, -0.15) is 0 Å². The molecule has 0 saturated heterocycles. The molecule has 0 spiro atoms. The zero-order valence-corrected chi connectivity index (χ0v) is 27.4. The largest absolute Gasteiger partial charge is 0.504 e. The molecule has 292 valence electrons. The second-order valence-electron chi connectivity index (χ2n) is 12.5. The SMILES string of the molecule is O=C1O[C@@H]([C@@H]2OC(=O)c3cc(O)c(O)c(O)c3-c3c(O)c(O)c(O)c4c3C(=O)O[C@H]2[C@@H]4O)[C@H](O)COC(=O)c2cc(O)c(O)c(O)c2-c2cc1c(O)c(O)c2O. The Labute approximate surface area is 307 Å². The van der Waals surface area contributed by atoms with E-state index >= 15 is 0 Å². The summed E-state index contributed by atoms with van der Waals surface area (Å²) in [4.78, 5) is 54.8. The fraction of sp³-hybridized carbons (Fsp3) is 0.176. The molecule has 4 aromatic rings. The van der Waals surface area contributed by atoms with Gasteiger partial charge in [-0.15, -0.1) is 0 Å². The summed E-state index contributed by atoms with van der Waals surface area (Å²) in [5.74, 6) is -22.9. The molecular weight excluding hydrogens is 760 g/mol. The average molecular weight is 785 g/mol. The van der Waals surface area contributed by atoms with Crippen LogP contribution in [0.5, 0.6) is 69.0 Å². The highest BCUT2D eigenvalue weighted by atomic mass is 16.6. The number of benzene rings is 4. The van der Waals surface area contributed by atoms with E-state index in [2.05, 4.69) is 0 Å². The molecule has 22 nitrogen and oxygen atoms in total. The van der Waals surface area contributed by atoms with Gasteiger partial charge in [0.25, 0.3) is 0 Å². The number of hydrogen-bond donors (Lipinski definition) is 14. The van der Waals surface area contributed by atoms with Gasteiger partial charge >= 0.3 is 23.9 Å². The van der Waals surface area contributed by atoms with Gasteiger partial charge in [-0.25, -0.2) is 19.2 Å². The lowest BCUT2D eigenvalue weighted by atomic mass is 9.82. The molecule has 0 fully saturated rings. The first-order valence-electron chi connectivity index (χ1n) is 15.6. The van der Waals surface area contributed by atoms with E-state index in [4.69, 9.17) is 18.9 Å². The van der Waals surface area contributed by atoms with Gasteiger partial charge in [-0.05, 0) is 18.2 Å². The third kappa shape index (κ3) is 5.03. The Hall–Kier alpha value is -7.72. The fourth-order valence-electron chi connectivity index (χ4n) is 6.66. The van der Waals surface area contributed by atoms with E-state index in [1.165, 1.54) is 0 Å². The number of phenols is 12. The molecule has 0 saturated carbocycles. The van der Waals surface area contributed by atoms with Crippen molar-refractivity contribution in [2.24, 2.45) is 0 Å². The van der Waals surface area contributed by atoms with E-state index < -0.39 is 180 Å². The first-order chi connectivity index (χ1) is 26.3. The van der Waals surface area contributed by atoms with Crippen LogP contribution in [0.1, 0.15) is 53.1 Å². The van der Waals surface area contributed by atoms with Gasteiger partial charge in [0.2, 0.25) is 23.0 Å². The lowest BCUT2D eigenvalue weighted by molar-refractivity contribution is -0.153. The van der Waals surface area contributed by atoms with E-state index in [0.717, 1.165) is 0 Å². The molecule has 0 aliphatic carbocycles. The molecule has 5 atom stereocenters. The summed E-state index contributed by atoms with van der Waals surface area (Å²) in [6.45, 7) is -1.33. The van der Waals surface area contributed by atoms with Gasteiger partial charge in [-0.3, -0.25) is 0 Å². The van der Waals surface area contributed by atoms with Crippen LogP contribution < -0.4 is 0 Å². The van der Waals surface area contributed by atoms with Crippen molar-refractivity contribution in [2.75, 3.05) is 6.61 Å². The number of phenolic OH excluding ortho intramolecular Hbond substituents is 12. The molecule has 56 heavy (non-hydrogen) atoms. The molecular formula is C34H24O22. The highest BCUT2D eigenvalue weighted by molar-refractivity contribution is 6.10. The summed E-state index contributed by atoms with van der Waals surface area (Å²) in [5.41, 5.74) is -8.91. The van der Waals surface area contributed by atoms with Gasteiger partial charge in [0.1, 0.15) is 24.4 Å². The van der Waals surface area contributed by atoms with Crippen LogP contribution in [-0.4, -0.2) is 126 Å². The van der Waals surface area contributed by atoms with E-state index in [9.17, 15) is 90.7 Å². The highest BCUT2D eigenvalue weighted by Crippen LogP contribution is 2.58. The molecule has 4 aromatic carbocycles. The summed E-state index contributed by atoms with van der Waals surface area (Å²) < 4.78 is 21.2. The standard InChI is InChI=1S/C34H24O22/c35-9-2-6-12(21(42)19(9)40)5-1-8(18(39)26(47)17(5)38)33(51)54-28(11(37)4-53-31(6)49)30-29-25(46)16-15(34(52)55-29)14(23(44)27(48)24(16)45)13-7(32(50)56-30)3-10(36)20(41)22(13)43/h1-3,11,25,28-30,35-48H,4H2/t11-,25-,28-,29+,30+/m1/s1. The number of ether oxygens (including phenoxy) is 4. The number of aromatic hydroxyl groups is 12. The molecule has 22 heteroatoms. The van der Waals surface area contributed by atoms with E-state index in [0.29, 0.717) is 18.2 Å². The Morgan fingerprint density at radius 2 is 0.893 bits per heavy atom. The maximum atomic E-state index is 13.9. The van der Waals surface area contributed by atoms with Crippen LogP contribution in [0.25, 0.3) is 22.3 Å². The number of carbonyl (C=O) groups excluding carboxylic acids is 4. The van der Waals surface area contributed by atoms with Crippen molar-refractivity contribution in [3.8, 4) is 91.2 Å². The maximum Gasteiger partial charge on any atom is 0.342 e. The summed E-state index contributed by atoms with van der Waals surface area (Å²) in [6.07, 6.45) is -12.5. The lowest BCUT2D eigenvalue weighted by Crippen LogP contribution is -2.55. The van der Waals surface area contributed by atoms with Crippen LogP contribution in [0.2, 0.25) is 0 Å². The molecule has 14 N–H and O–H groups in total. The molecule has 0 unspecified atom stereocenters. The molecule has 4 aliphatic rings. The second kappa shape index (κ2) is 12.4. The molecule has 0 aromatic heterocycles. The van der Waals surface area contributed by atoms with Crippen LogP contribution in [0.15, 0.2) is 18.2 Å². The Morgan fingerprint density at radius 1 is 0.411 bits per heavy atom. The van der Waals surface area contributed by atoms with Crippen LogP contribution in [-0.2, 0) is 18.9 Å². The van der Waals surface area contributed by atoms with Crippen molar-refractivity contribution >= 4 is 23.9 Å². The Kier molecular flexibility index (Phi) is 8.13. The Balaban J connectivity index is 1.47. The third-order valence-electron chi connectivity index (χ3n) is 9.35. The van der Waals surface area contributed by atoms with Gasteiger partial charge in [-0.1, -0.05) is 0 Å². The summed E-state index contributed by atoms with van der Waals surface area (Å²) in [5, 5.41) is 150. The van der Waals surface area contributed by atoms with Gasteiger partial charge in [0, 0.05) is 27.8 Å². The van der Waals surface area contributed by atoms with Crippen molar-refractivity contribution in [2.45, 2.75) is 30.5 Å². The van der Waals surface area contributed by atoms with Gasteiger partial charge in [0.05, 0.1) is 16.7 Å². The monoisotopic (exact) mass is 784 g/mol. The molecule has 4 aliphatic heterocycles. The van der Waals surface area contributed by atoms with Crippen molar-refractivity contribution in [1.82, 2.24) is 0 Å². The minimum Gasteiger partial charge on any atom is -0.504 e. The zero-order valence-electron chi connectivity index (χ0n) is 27.4. The topological polar surface area (TPSA) is 388 Å². The minimum absolute atomic E-state index is 0.445. The number of aliphatic hydroxyl groups is 2. The predicted molar refractivity (Wildman–Crippen MR) is 173 cm³/mol. The fourth-order valence-corrected chi connectivity index (χ4v) is 6.66. The van der Waals surface area contributed by atoms with E-state index in [1.807, 2.05) is 0 Å². The number of hydrogen-bond acceptors (Lipinski definition) is 22. The number of esters is 4. The van der Waals surface area contributed by atoms with Crippen LogP contribution >= 0.6 is 0 Å². The first kappa shape index (κ1) is 36.6. The zero-order chi connectivity index (χ0) is 41.0. The van der Waals surface area contributed by atoms with Crippen LogP contribution in [0, 0.1) is 0 Å². The average Bonchev–Trinajstić information content (AvgIpc) is 3.15. The van der Waals surface area contributed by atoms with Gasteiger partial charge in [0.15, 0.2) is 64.3 Å². The quantitative estimate of drug-likeness (QED) is 0.0703. The third-order valence-corrected chi connectivity index (χ3v) is 9.35. The van der Waals surface area contributed by atoms with Crippen molar-refractivity contribution in [1.29, 1.82) is 0 Å².